The minimum absolute atomic E-state index is 0.146. The summed E-state index contributed by atoms with van der Waals surface area (Å²) in [6, 6.07) is 10.3. The van der Waals surface area contributed by atoms with Crippen LogP contribution in [0.5, 0.6) is 0 Å². The fraction of sp³-hybridized carbons (Fsp3) is 0.294. The van der Waals surface area contributed by atoms with Crippen LogP contribution in [0.2, 0.25) is 0 Å². The van der Waals surface area contributed by atoms with Gasteiger partial charge < -0.3 is 4.90 Å². The number of thiophene rings is 1. The molecule has 112 valence electrons. The second-order valence-corrected chi connectivity index (χ2v) is 6.84. The minimum Gasteiger partial charge on any atom is -0.331 e. The van der Waals surface area contributed by atoms with Crippen molar-refractivity contribution in [2.45, 2.75) is 18.9 Å². The lowest BCUT2D eigenvalue weighted by Crippen LogP contribution is -2.29. The summed E-state index contributed by atoms with van der Waals surface area (Å²) in [6.45, 7) is 0.826. The van der Waals surface area contributed by atoms with Gasteiger partial charge in [0.25, 0.3) is 5.91 Å². The highest BCUT2D eigenvalue weighted by atomic mass is 32.1. The molecule has 3 aromatic rings. The van der Waals surface area contributed by atoms with E-state index < -0.39 is 0 Å². The van der Waals surface area contributed by atoms with Crippen molar-refractivity contribution >= 4 is 27.3 Å². The van der Waals surface area contributed by atoms with E-state index in [0.29, 0.717) is 0 Å². The first-order valence-corrected chi connectivity index (χ1v) is 8.32. The summed E-state index contributed by atoms with van der Waals surface area (Å²) in [7, 11) is 1.91. The molecule has 0 N–H and O–H groups in total. The molecule has 1 fully saturated rings. The molecule has 1 aliphatic rings. The van der Waals surface area contributed by atoms with Gasteiger partial charge in [-0.3, -0.25) is 9.48 Å². The molecule has 1 aromatic carbocycles. The predicted octanol–water partition coefficient (Wildman–Crippen LogP) is 3.61. The van der Waals surface area contributed by atoms with Crippen LogP contribution in [0.3, 0.4) is 0 Å². The van der Waals surface area contributed by atoms with Crippen molar-refractivity contribution in [2.75, 3.05) is 6.54 Å². The molecule has 1 amide bonds. The van der Waals surface area contributed by atoms with Crippen LogP contribution >= 0.6 is 11.3 Å². The Hall–Kier alpha value is -2.14. The van der Waals surface area contributed by atoms with E-state index in [0.717, 1.165) is 35.2 Å². The topological polar surface area (TPSA) is 38.1 Å². The third kappa shape index (κ3) is 2.22. The first-order chi connectivity index (χ1) is 10.7. The van der Waals surface area contributed by atoms with Gasteiger partial charge in [-0.05, 0) is 30.4 Å². The van der Waals surface area contributed by atoms with E-state index in [9.17, 15) is 4.79 Å². The summed E-state index contributed by atoms with van der Waals surface area (Å²) >= 11 is 1.58. The highest BCUT2D eigenvalue weighted by Crippen LogP contribution is 2.35. The van der Waals surface area contributed by atoms with Crippen molar-refractivity contribution in [3.05, 3.63) is 53.2 Å². The lowest BCUT2D eigenvalue weighted by molar-refractivity contribution is 0.0740. The third-order valence-corrected chi connectivity index (χ3v) is 5.36. The zero-order valence-corrected chi connectivity index (χ0v) is 13.2. The van der Waals surface area contributed by atoms with E-state index in [2.05, 4.69) is 17.2 Å². The van der Waals surface area contributed by atoms with Gasteiger partial charge in [-0.25, -0.2) is 0 Å². The molecular formula is C17H17N3OS. The Morgan fingerprint density at radius 2 is 2.23 bits per heavy atom. The van der Waals surface area contributed by atoms with Crippen molar-refractivity contribution in [1.29, 1.82) is 0 Å². The smallest absolute Gasteiger partial charge is 0.264 e. The summed E-state index contributed by atoms with van der Waals surface area (Å²) in [5.74, 6) is 0.146. The van der Waals surface area contributed by atoms with Crippen LogP contribution < -0.4 is 0 Å². The van der Waals surface area contributed by atoms with Gasteiger partial charge in [-0.15, -0.1) is 11.3 Å². The van der Waals surface area contributed by atoms with Crippen LogP contribution in [-0.4, -0.2) is 27.1 Å². The minimum atomic E-state index is 0.146. The average Bonchev–Trinajstić information content (AvgIpc) is 3.24. The Balaban J connectivity index is 1.66. The van der Waals surface area contributed by atoms with Crippen LogP contribution in [-0.2, 0) is 7.05 Å². The quantitative estimate of drug-likeness (QED) is 0.725. The van der Waals surface area contributed by atoms with Crippen molar-refractivity contribution < 1.29 is 4.79 Å². The molecule has 0 aliphatic carbocycles. The van der Waals surface area contributed by atoms with Gasteiger partial charge in [-0.1, -0.05) is 18.2 Å². The zero-order chi connectivity index (χ0) is 15.1. The molecule has 2 aromatic heterocycles. The van der Waals surface area contributed by atoms with Gasteiger partial charge in [0.2, 0.25) is 0 Å². The summed E-state index contributed by atoms with van der Waals surface area (Å²) in [5, 5.41) is 5.39. The molecule has 4 rings (SSSR count). The van der Waals surface area contributed by atoms with E-state index in [-0.39, 0.29) is 11.9 Å². The number of likely N-dealkylation sites (tertiary alicyclic amines) is 1. The zero-order valence-electron chi connectivity index (χ0n) is 12.4. The van der Waals surface area contributed by atoms with E-state index in [4.69, 9.17) is 0 Å². The average molecular weight is 311 g/mol. The van der Waals surface area contributed by atoms with Crippen LogP contribution in [0.15, 0.2) is 42.7 Å². The maximum absolute atomic E-state index is 12.9. The van der Waals surface area contributed by atoms with Crippen LogP contribution in [0.4, 0.5) is 0 Å². The van der Waals surface area contributed by atoms with Crippen molar-refractivity contribution in [3.8, 4) is 0 Å². The molecule has 0 unspecified atom stereocenters. The van der Waals surface area contributed by atoms with E-state index in [1.807, 2.05) is 42.5 Å². The highest BCUT2D eigenvalue weighted by molar-refractivity contribution is 7.20. The Kier molecular flexibility index (Phi) is 3.22. The van der Waals surface area contributed by atoms with Crippen molar-refractivity contribution in [2.24, 2.45) is 7.05 Å². The fourth-order valence-electron chi connectivity index (χ4n) is 3.20. The Morgan fingerprint density at radius 3 is 3.00 bits per heavy atom. The highest BCUT2D eigenvalue weighted by Gasteiger charge is 2.32. The Bertz CT molecular complexity index is 802. The maximum Gasteiger partial charge on any atom is 0.264 e. The molecule has 3 heterocycles. The molecule has 0 saturated carbocycles. The van der Waals surface area contributed by atoms with Crippen molar-refractivity contribution in [1.82, 2.24) is 14.7 Å². The lowest BCUT2D eigenvalue weighted by Gasteiger charge is -2.23. The number of carbonyl (C=O) groups excluding carboxylic acids is 1. The standard InChI is InChI=1S/C17H17N3OS/c1-19-11-13(10-18-19)14-6-4-8-20(14)17(21)16-9-12-5-2-3-7-15(12)22-16/h2-3,5,7,9-11,14H,4,6,8H2,1H3/t14-/m0/s1. The fourth-order valence-corrected chi connectivity index (χ4v) is 4.22. The molecule has 0 radical (unpaired) electrons. The summed E-state index contributed by atoms with van der Waals surface area (Å²) < 4.78 is 2.97. The number of carbonyl (C=O) groups is 1. The van der Waals surface area contributed by atoms with E-state index >= 15 is 0 Å². The monoisotopic (exact) mass is 311 g/mol. The second kappa shape index (κ2) is 5.25. The van der Waals surface area contributed by atoms with Gasteiger partial charge in [0.15, 0.2) is 0 Å². The molecule has 1 saturated heterocycles. The van der Waals surface area contributed by atoms with Gasteiger partial charge in [0, 0.05) is 30.1 Å². The number of fused-ring (bicyclic) bond motifs is 1. The molecule has 22 heavy (non-hydrogen) atoms. The molecule has 0 bridgehead atoms. The molecule has 1 atom stereocenters. The van der Waals surface area contributed by atoms with Gasteiger partial charge in [0.1, 0.15) is 0 Å². The van der Waals surface area contributed by atoms with Gasteiger partial charge >= 0.3 is 0 Å². The second-order valence-electron chi connectivity index (χ2n) is 5.75. The summed E-state index contributed by atoms with van der Waals surface area (Å²) in [6.07, 6.45) is 5.96. The number of hydrogen-bond acceptors (Lipinski definition) is 3. The molecule has 1 aliphatic heterocycles. The Morgan fingerprint density at radius 1 is 1.36 bits per heavy atom. The number of aromatic nitrogens is 2. The number of benzene rings is 1. The molecule has 0 spiro atoms. The maximum atomic E-state index is 12.9. The van der Waals surface area contributed by atoms with Gasteiger partial charge in [0.05, 0.1) is 17.1 Å². The van der Waals surface area contributed by atoms with Crippen LogP contribution in [0.25, 0.3) is 10.1 Å². The summed E-state index contributed by atoms with van der Waals surface area (Å²) in [4.78, 5) is 15.7. The van der Waals surface area contributed by atoms with E-state index in [1.165, 1.54) is 4.70 Å². The van der Waals surface area contributed by atoms with E-state index in [1.54, 1.807) is 16.0 Å². The predicted molar refractivity (Wildman–Crippen MR) is 88.0 cm³/mol. The largest absolute Gasteiger partial charge is 0.331 e. The normalized spacial score (nSPS) is 18.2. The first-order valence-electron chi connectivity index (χ1n) is 7.50. The first kappa shape index (κ1) is 13.5. The number of rotatable bonds is 2. The Labute approximate surface area is 133 Å². The SMILES string of the molecule is Cn1cc([C@@H]2CCCN2C(=O)c2cc3ccccc3s2)cn1. The molecule has 5 heteroatoms. The van der Waals surface area contributed by atoms with Gasteiger partial charge in [-0.2, -0.15) is 5.10 Å². The number of aryl methyl sites for hydroxylation is 1. The summed E-state index contributed by atoms with van der Waals surface area (Å²) in [5.41, 5.74) is 1.13. The van der Waals surface area contributed by atoms with Crippen molar-refractivity contribution in [3.63, 3.8) is 0 Å². The number of hydrogen-bond donors (Lipinski definition) is 0. The van der Waals surface area contributed by atoms with Crippen LogP contribution in [0.1, 0.15) is 34.1 Å². The molecular weight excluding hydrogens is 294 g/mol. The third-order valence-electron chi connectivity index (χ3n) is 4.26. The number of amides is 1. The molecule has 4 nitrogen and oxygen atoms in total. The lowest BCUT2D eigenvalue weighted by atomic mass is 10.1. The van der Waals surface area contributed by atoms with Crippen LogP contribution in [0, 0.1) is 0 Å². The number of nitrogens with zero attached hydrogens (tertiary/aromatic N) is 3.